The number of carbonyl (C=O) groups is 5. The molecule has 8 heteroatoms. The first kappa shape index (κ1) is 20.1. The molecule has 0 spiro atoms. The van der Waals surface area contributed by atoms with Gasteiger partial charge in [0.25, 0.3) is 0 Å². The Morgan fingerprint density at radius 1 is 1.12 bits per heavy atom. The SMILES string of the molecule is CC1=CC(=O)C2=C(CC3C(=CCC4C(=O)N(C(N)=O)C(=O)C43)C2c2cccc(O)c2)C1=O. The number of fused-ring (bicyclic) bond motifs is 3. The van der Waals surface area contributed by atoms with Crippen molar-refractivity contribution in [2.75, 3.05) is 0 Å². The third-order valence-corrected chi connectivity index (χ3v) is 6.99. The van der Waals surface area contributed by atoms with Gasteiger partial charge >= 0.3 is 6.03 Å². The van der Waals surface area contributed by atoms with Crippen molar-refractivity contribution in [1.29, 1.82) is 0 Å². The van der Waals surface area contributed by atoms with Gasteiger partial charge in [0, 0.05) is 22.6 Å². The molecule has 1 fully saturated rings. The highest BCUT2D eigenvalue weighted by Gasteiger charge is 2.57. The van der Waals surface area contributed by atoms with Crippen LogP contribution in [0.5, 0.6) is 5.75 Å². The number of phenolic OH excluding ortho intramolecular Hbond substituents is 1. The lowest BCUT2D eigenvalue weighted by atomic mass is 9.59. The summed E-state index contributed by atoms with van der Waals surface area (Å²) in [5.74, 6) is -4.57. The molecule has 3 aliphatic carbocycles. The predicted molar refractivity (Wildman–Crippen MR) is 111 cm³/mol. The lowest BCUT2D eigenvalue weighted by molar-refractivity contribution is -0.136. The second-order valence-corrected chi connectivity index (χ2v) is 8.67. The number of nitrogens with two attached hydrogens (primary N) is 1. The van der Waals surface area contributed by atoms with E-state index in [9.17, 15) is 29.1 Å². The summed E-state index contributed by atoms with van der Waals surface area (Å²) in [6, 6.07) is 5.33. The Kier molecular flexibility index (Phi) is 4.30. The van der Waals surface area contributed by atoms with Crippen molar-refractivity contribution in [3.05, 3.63) is 64.3 Å². The summed E-state index contributed by atoms with van der Waals surface area (Å²) in [5, 5.41) is 10.1. The minimum Gasteiger partial charge on any atom is -0.508 e. The first-order chi connectivity index (χ1) is 15.2. The number of nitrogens with zero attached hydrogens (tertiary/aromatic N) is 1. The minimum absolute atomic E-state index is 0.00870. The summed E-state index contributed by atoms with van der Waals surface area (Å²) in [5.41, 5.74) is 7.63. The van der Waals surface area contributed by atoms with Crippen LogP contribution in [0.3, 0.4) is 0 Å². The largest absolute Gasteiger partial charge is 0.508 e. The van der Waals surface area contributed by atoms with Crippen LogP contribution in [0.2, 0.25) is 0 Å². The van der Waals surface area contributed by atoms with Crippen LogP contribution in [0, 0.1) is 17.8 Å². The minimum atomic E-state index is -1.11. The zero-order chi connectivity index (χ0) is 22.9. The molecule has 1 saturated heterocycles. The van der Waals surface area contributed by atoms with Crippen LogP contribution < -0.4 is 5.73 Å². The van der Waals surface area contributed by atoms with Gasteiger partial charge in [0.15, 0.2) is 11.6 Å². The number of urea groups is 1. The Balaban J connectivity index is 1.70. The third kappa shape index (κ3) is 2.65. The molecule has 1 heterocycles. The Morgan fingerprint density at radius 2 is 1.88 bits per heavy atom. The van der Waals surface area contributed by atoms with Crippen LogP contribution in [0.25, 0.3) is 0 Å². The number of benzene rings is 1. The summed E-state index contributed by atoms with van der Waals surface area (Å²) in [6.07, 6.45) is 3.50. The molecule has 1 aromatic carbocycles. The average molecular weight is 432 g/mol. The van der Waals surface area contributed by atoms with Crippen molar-refractivity contribution in [3.8, 4) is 5.75 Å². The van der Waals surface area contributed by atoms with Gasteiger partial charge in [0.05, 0.1) is 11.8 Å². The summed E-state index contributed by atoms with van der Waals surface area (Å²) >= 11 is 0. The topological polar surface area (TPSA) is 135 Å². The standard InChI is InChI=1S/C24H20N2O6/c1-10-7-17(28)20-16(21(10)29)9-15-13(18(20)11-3-2-4-12(27)8-11)5-6-14-19(15)23(31)26(22(14)30)24(25)32/h2-5,7-8,14-15,18-19,27H,6,9H2,1H3,(H2,25,32). The second-order valence-electron chi connectivity index (χ2n) is 8.67. The molecule has 1 aromatic rings. The maximum Gasteiger partial charge on any atom is 0.328 e. The molecule has 4 unspecified atom stereocenters. The number of carbonyl (C=O) groups excluding carboxylic acids is 5. The fraction of sp³-hybridized carbons (Fsp3) is 0.292. The number of rotatable bonds is 1. The van der Waals surface area contributed by atoms with Crippen LogP contribution in [0.4, 0.5) is 4.79 Å². The molecule has 162 valence electrons. The van der Waals surface area contributed by atoms with Crippen molar-refractivity contribution >= 4 is 29.4 Å². The van der Waals surface area contributed by atoms with E-state index in [1.165, 1.54) is 18.2 Å². The molecule has 0 aromatic heterocycles. The van der Waals surface area contributed by atoms with Crippen LogP contribution in [0.1, 0.15) is 31.2 Å². The van der Waals surface area contributed by atoms with Gasteiger partial charge in [-0.15, -0.1) is 0 Å². The van der Waals surface area contributed by atoms with Crippen molar-refractivity contribution in [3.63, 3.8) is 0 Å². The van der Waals surface area contributed by atoms with Gasteiger partial charge in [0.1, 0.15) is 5.75 Å². The quantitative estimate of drug-likeness (QED) is 0.395. The molecule has 32 heavy (non-hydrogen) atoms. The number of amides is 4. The van der Waals surface area contributed by atoms with Crippen molar-refractivity contribution in [2.24, 2.45) is 23.5 Å². The number of phenols is 1. The number of ketones is 2. The zero-order valence-corrected chi connectivity index (χ0v) is 17.2. The van der Waals surface area contributed by atoms with Gasteiger partial charge in [-0.3, -0.25) is 19.2 Å². The number of likely N-dealkylation sites (tertiary alicyclic amines) is 1. The molecular weight excluding hydrogens is 412 g/mol. The maximum absolute atomic E-state index is 13.1. The van der Waals surface area contributed by atoms with Crippen LogP contribution in [-0.2, 0) is 19.2 Å². The van der Waals surface area contributed by atoms with Crippen LogP contribution >= 0.6 is 0 Å². The second kappa shape index (κ2) is 6.85. The Hall–Kier alpha value is -3.81. The first-order valence-corrected chi connectivity index (χ1v) is 10.4. The smallest absolute Gasteiger partial charge is 0.328 e. The molecule has 1 aliphatic heterocycles. The first-order valence-electron chi connectivity index (χ1n) is 10.4. The highest BCUT2D eigenvalue weighted by atomic mass is 16.3. The molecule has 4 amide bonds. The lowest BCUT2D eigenvalue weighted by Gasteiger charge is -2.42. The van der Waals surface area contributed by atoms with E-state index in [0.717, 1.165) is 5.57 Å². The number of hydrogen-bond donors (Lipinski definition) is 2. The van der Waals surface area contributed by atoms with Gasteiger partial charge < -0.3 is 10.8 Å². The van der Waals surface area contributed by atoms with Gasteiger partial charge in [-0.1, -0.05) is 23.8 Å². The van der Waals surface area contributed by atoms with Crippen LogP contribution in [0.15, 0.2) is 58.7 Å². The van der Waals surface area contributed by atoms with Gasteiger partial charge in [-0.2, -0.15) is 4.90 Å². The molecular formula is C24H20N2O6. The van der Waals surface area contributed by atoms with Gasteiger partial charge in [-0.25, -0.2) is 4.79 Å². The maximum atomic E-state index is 13.1. The highest BCUT2D eigenvalue weighted by Crippen LogP contribution is 2.55. The van der Waals surface area contributed by atoms with E-state index >= 15 is 0 Å². The molecule has 0 bridgehead atoms. The van der Waals surface area contributed by atoms with E-state index in [4.69, 9.17) is 5.73 Å². The van der Waals surface area contributed by atoms with E-state index in [-0.39, 0.29) is 30.2 Å². The fourth-order valence-corrected chi connectivity index (χ4v) is 5.68. The Morgan fingerprint density at radius 3 is 2.56 bits per heavy atom. The summed E-state index contributed by atoms with van der Waals surface area (Å²) in [7, 11) is 0. The van der Waals surface area contributed by atoms with Crippen molar-refractivity contribution in [1.82, 2.24) is 4.90 Å². The predicted octanol–water partition coefficient (Wildman–Crippen LogP) is 1.90. The summed E-state index contributed by atoms with van der Waals surface area (Å²) < 4.78 is 0. The Bertz CT molecular complexity index is 1240. The molecule has 5 rings (SSSR count). The van der Waals surface area contributed by atoms with E-state index in [2.05, 4.69) is 0 Å². The Labute approximate surface area is 183 Å². The van der Waals surface area contributed by atoms with Crippen molar-refractivity contribution < 1.29 is 29.1 Å². The number of primary amides is 1. The fourth-order valence-electron chi connectivity index (χ4n) is 5.68. The zero-order valence-electron chi connectivity index (χ0n) is 17.2. The number of imide groups is 3. The monoisotopic (exact) mass is 432 g/mol. The number of aromatic hydroxyl groups is 1. The van der Waals surface area contributed by atoms with Crippen LogP contribution in [-0.4, -0.2) is 39.4 Å². The lowest BCUT2D eigenvalue weighted by Crippen LogP contribution is -2.42. The normalized spacial score (nSPS) is 29.3. The summed E-state index contributed by atoms with van der Waals surface area (Å²) in [6.45, 7) is 1.57. The van der Waals surface area contributed by atoms with E-state index in [0.29, 0.717) is 27.2 Å². The molecule has 0 radical (unpaired) electrons. The van der Waals surface area contributed by atoms with E-state index < -0.39 is 41.5 Å². The number of hydrogen-bond acceptors (Lipinski definition) is 6. The molecule has 0 saturated carbocycles. The average Bonchev–Trinajstić information content (AvgIpc) is 3.01. The third-order valence-electron chi connectivity index (χ3n) is 6.99. The van der Waals surface area contributed by atoms with Gasteiger partial charge in [-0.05, 0) is 49.5 Å². The number of Topliss-reactive ketones (excluding diaryl/α,β-unsaturated/α-hetero) is 1. The highest BCUT2D eigenvalue weighted by molar-refractivity contribution is 6.24. The molecule has 3 N–H and O–H groups in total. The molecule has 8 nitrogen and oxygen atoms in total. The molecule has 4 atom stereocenters. The van der Waals surface area contributed by atoms with Crippen molar-refractivity contribution in [2.45, 2.75) is 25.7 Å². The summed E-state index contributed by atoms with van der Waals surface area (Å²) in [4.78, 5) is 64.1. The molecule has 4 aliphatic rings. The number of allylic oxidation sites excluding steroid dienone is 6. The van der Waals surface area contributed by atoms with E-state index in [1.807, 2.05) is 6.08 Å². The van der Waals surface area contributed by atoms with E-state index in [1.54, 1.807) is 19.1 Å². The van der Waals surface area contributed by atoms with Gasteiger partial charge in [0.2, 0.25) is 11.8 Å².